The number of pyridine rings is 1. The molecule has 0 aliphatic rings. The van der Waals surface area contributed by atoms with E-state index in [0.29, 0.717) is 11.5 Å². The topological polar surface area (TPSA) is 132 Å². The van der Waals surface area contributed by atoms with Gasteiger partial charge in [-0.25, -0.2) is 4.98 Å². The lowest BCUT2D eigenvalue weighted by atomic mass is 10.3. The molecule has 0 atom stereocenters. The van der Waals surface area contributed by atoms with Crippen molar-refractivity contribution in [3.63, 3.8) is 0 Å². The third-order valence-corrected chi connectivity index (χ3v) is 2.82. The lowest BCUT2D eigenvalue weighted by molar-refractivity contribution is -0.138. The molecule has 0 aromatic carbocycles. The van der Waals surface area contributed by atoms with Crippen LogP contribution in [0.4, 0.5) is 24.7 Å². The van der Waals surface area contributed by atoms with E-state index in [-0.39, 0.29) is 3.57 Å². The summed E-state index contributed by atoms with van der Waals surface area (Å²) < 4.78 is 37.5. The van der Waals surface area contributed by atoms with Crippen LogP contribution in [0.25, 0.3) is 0 Å². The first-order valence-corrected chi connectivity index (χ1v) is 7.26. The number of aromatic amines is 1. The molecule has 23 heavy (non-hydrogen) atoms. The van der Waals surface area contributed by atoms with Crippen molar-refractivity contribution in [2.75, 3.05) is 26.5 Å². The number of nitrogens with zero attached hydrogens (tertiary/aromatic N) is 2. The molecule has 2 aromatic rings. The van der Waals surface area contributed by atoms with Crippen LogP contribution in [0.5, 0.6) is 0 Å². The Morgan fingerprint density at radius 1 is 1.09 bits per heavy atom. The zero-order chi connectivity index (χ0) is 18.5. The minimum Gasteiger partial charge on any atom is -0.338 e. The zero-order valence-corrected chi connectivity index (χ0v) is 15.1. The SMILES string of the molecule is CN.CN.CN.FC(F)(F)c1cnc(Nc2cn[nH]c2)cc1I. The van der Waals surface area contributed by atoms with Gasteiger partial charge in [-0.2, -0.15) is 18.3 Å². The van der Waals surface area contributed by atoms with Crippen molar-refractivity contribution in [1.82, 2.24) is 15.2 Å². The Labute approximate surface area is 146 Å². The zero-order valence-electron chi connectivity index (χ0n) is 12.9. The van der Waals surface area contributed by atoms with Gasteiger partial charge in [0.05, 0.1) is 17.4 Å². The van der Waals surface area contributed by atoms with E-state index < -0.39 is 11.7 Å². The van der Waals surface area contributed by atoms with Crippen LogP contribution in [0.15, 0.2) is 24.7 Å². The molecule has 7 nitrogen and oxygen atoms in total. The van der Waals surface area contributed by atoms with Crippen molar-refractivity contribution in [3.8, 4) is 0 Å². The van der Waals surface area contributed by atoms with Crippen LogP contribution in [-0.4, -0.2) is 36.3 Å². The molecule has 2 aromatic heterocycles. The highest BCUT2D eigenvalue weighted by Crippen LogP contribution is 2.33. The first-order chi connectivity index (χ1) is 11.0. The van der Waals surface area contributed by atoms with E-state index in [1.54, 1.807) is 28.8 Å². The number of rotatable bonds is 2. The minimum absolute atomic E-state index is 0.0936. The van der Waals surface area contributed by atoms with E-state index in [4.69, 9.17) is 0 Å². The smallest absolute Gasteiger partial charge is 0.338 e. The molecular formula is C12H21F3IN7. The summed E-state index contributed by atoms with van der Waals surface area (Å²) in [6, 6.07) is 1.33. The summed E-state index contributed by atoms with van der Waals surface area (Å²) >= 11 is 1.63. The van der Waals surface area contributed by atoms with E-state index >= 15 is 0 Å². The molecule has 0 saturated heterocycles. The van der Waals surface area contributed by atoms with Crippen LogP contribution < -0.4 is 22.5 Å². The summed E-state index contributed by atoms with van der Waals surface area (Å²) in [5.74, 6) is 0.337. The fourth-order valence-corrected chi connectivity index (χ4v) is 1.91. The van der Waals surface area contributed by atoms with Gasteiger partial charge in [0.1, 0.15) is 5.82 Å². The Balaban J connectivity index is 0. The lowest BCUT2D eigenvalue weighted by Gasteiger charge is -2.10. The van der Waals surface area contributed by atoms with Crippen LogP contribution in [0.1, 0.15) is 5.56 Å². The number of alkyl halides is 3. The van der Waals surface area contributed by atoms with E-state index in [0.717, 1.165) is 6.20 Å². The van der Waals surface area contributed by atoms with Gasteiger partial charge in [-0.3, -0.25) is 5.10 Å². The van der Waals surface area contributed by atoms with Gasteiger partial charge in [0.25, 0.3) is 0 Å². The number of nitrogens with one attached hydrogen (secondary N) is 2. The molecule has 0 spiro atoms. The maximum Gasteiger partial charge on any atom is 0.418 e. The highest BCUT2D eigenvalue weighted by atomic mass is 127. The van der Waals surface area contributed by atoms with Gasteiger partial charge in [-0.15, -0.1) is 0 Å². The van der Waals surface area contributed by atoms with Gasteiger partial charge in [0.15, 0.2) is 0 Å². The monoisotopic (exact) mass is 447 g/mol. The second kappa shape index (κ2) is 13.0. The van der Waals surface area contributed by atoms with Crippen molar-refractivity contribution >= 4 is 34.1 Å². The number of halogens is 4. The van der Waals surface area contributed by atoms with Crippen LogP contribution >= 0.6 is 22.6 Å². The fraction of sp³-hybridized carbons (Fsp3) is 0.333. The predicted molar refractivity (Wildman–Crippen MR) is 94.2 cm³/mol. The summed E-state index contributed by atoms with van der Waals surface area (Å²) in [6.07, 6.45) is -0.486. The summed E-state index contributed by atoms with van der Waals surface area (Å²) in [4.78, 5) is 3.70. The average Bonchev–Trinajstić information content (AvgIpc) is 3.05. The van der Waals surface area contributed by atoms with Crippen LogP contribution in [-0.2, 0) is 6.18 Å². The second-order valence-corrected chi connectivity index (χ2v) is 4.32. The maximum absolute atomic E-state index is 12.5. The van der Waals surface area contributed by atoms with Crippen molar-refractivity contribution in [2.45, 2.75) is 6.18 Å². The van der Waals surface area contributed by atoms with Gasteiger partial charge >= 0.3 is 6.18 Å². The third-order valence-electron chi connectivity index (χ3n) is 1.93. The van der Waals surface area contributed by atoms with Crippen LogP contribution in [0.3, 0.4) is 0 Å². The molecule has 8 N–H and O–H groups in total. The Morgan fingerprint density at radius 3 is 2.04 bits per heavy atom. The fourth-order valence-electron chi connectivity index (χ4n) is 1.17. The van der Waals surface area contributed by atoms with Crippen molar-refractivity contribution in [3.05, 3.63) is 33.8 Å². The van der Waals surface area contributed by atoms with E-state index in [9.17, 15) is 13.2 Å². The first-order valence-electron chi connectivity index (χ1n) is 6.18. The largest absolute Gasteiger partial charge is 0.418 e. The first kappa shape index (κ1) is 23.8. The Hall–Kier alpha value is -1.44. The van der Waals surface area contributed by atoms with Gasteiger partial charge in [-0.05, 0) is 49.8 Å². The molecule has 11 heteroatoms. The molecule has 2 heterocycles. The Bertz CT molecular complexity index is 518. The summed E-state index contributed by atoms with van der Waals surface area (Å²) in [5, 5.41) is 9.10. The van der Waals surface area contributed by atoms with Crippen LogP contribution in [0.2, 0.25) is 0 Å². The van der Waals surface area contributed by atoms with E-state index in [1.807, 2.05) is 0 Å². The Morgan fingerprint density at radius 2 is 1.65 bits per heavy atom. The molecule has 0 aliphatic heterocycles. The molecule has 0 fully saturated rings. The second-order valence-electron chi connectivity index (χ2n) is 3.16. The Kier molecular flexibility index (Phi) is 13.5. The molecule has 132 valence electrons. The summed E-state index contributed by atoms with van der Waals surface area (Å²) in [5.41, 5.74) is 13.4. The number of nitrogens with two attached hydrogens (primary N) is 3. The van der Waals surface area contributed by atoms with Crippen molar-refractivity contribution in [1.29, 1.82) is 0 Å². The van der Waals surface area contributed by atoms with Crippen molar-refractivity contribution in [2.24, 2.45) is 17.2 Å². The highest BCUT2D eigenvalue weighted by Gasteiger charge is 2.33. The number of aromatic nitrogens is 3. The number of H-pyrrole nitrogens is 1. The van der Waals surface area contributed by atoms with Gasteiger partial charge in [0.2, 0.25) is 0 Å². The number of hydrogen-bond donors (Lipinski definition) is 5. The highest BCUT2D eigenvalue weighted by molar-refractivity contribution is 14.1. The summed E-state index contributed by atoms with van der Waals surface area (Å²) in [7, 11) is 4.50. The summed E-state index contributed by atoms with van der Waals surface area (Å²) in [6.45, 7) is 0. The quantitative estimate of drug-likeness (QED) is 0.447. The predicted octanol–water partition coefficient (Wildman–Crippen LogP) is 1.90. The number of hydrogen-bond acceptors (Lipinski definition) is 6. The normalized spacial score (nSPS) is 9.30. The average molecular weight is 447 g/mol. The van der Waals surface area contributed by atoms with E-state index in [2.05, 4.69) is 37.7 Å². The van der Waals surface area contributed by atoms with Crippen LogP contribution in [0, 0.1) is 3.57 Å². The van der Waals surface area contributed by atoms with Gasteiger partial charge in [0, 0.05) is 16.0 Å². The van der Waals surface area contributed by atoms with E-state index in [1.165, 1.54) is 33.4 Å². The molecule has 0 aliphatic carbocycles. The molecule has 0 saturated carbocycles. The molecule has 0 unspecified atom stereocenters. The molecular weight excluding hydrogens is 426 g/mol. The molecule has 0 bridgehead atoms. The minimum atomic E-state index is -4.38. The standard InChI is InChI=1S/C9H6F3IN4.3CH5N/c10-9(11,12)6-4-14-8(1-7(6)13)17-5-2-15-16-3-5;3*1-2/h1-4H,(H,14,17)(H,15,16);3*2H2,1H3. The molecule has 0 radical (unpaired) electrons. The molecule has 0 amide bonds. The van der Waals surface area contributed by atoms with Crippen molar-refractivity contribution < 1.29 is 13.2 Å². The van der Waals surface area contributed by atoms with Gasteiger partial charge in [-0.1, -0.05) is 0 Å². The molecule has 2 rings (SSSR count). The van der Waals surface area contributed by atoms with Gasteiger partial charge < -0.3 is 22.5 Å². The maximum atomic E-state index is 12.5. The third kappa shape index (κ3) is 8.68. The number of anilines is 2. The lowest BCUT2D eigenvalue weighted by Crippen LogP contribution is -2.08.